The number of nitrogens with one attached hydrogen (secondary N) is 2. The molecule has 0 atom stereocenters. The molecule has 0 bridgehead atoms. The van der Waals surface area contributed by atoms with Gasteiger partial charge in [0.05, 0.1) is 9.82 Å². The quantitative estimate of drug-likeness (QED) is 0.620. The summed E-state index contributed by atoms with van der Waals surface area (Å²) in [6.07, 6.45) is 0. The summed E-state index contributed by atoms with van der Waals surface area (Å²) in [7, 11) is -3.69. The number of nitro benzene ring substituents is 1. The third kappa shape index (κ3) is 4.98. The van der Waals surface area contributed by atoms with E-state index < -0.39 is 14.9 Å². The van der Waals surface area contributed by atoms with Gasteiger partial charge in [0.15, 0.2) is 0 Å². The molecule has 2 N–H and O–H groups in total. The first-order valence-corrected chi connectivity index (χ1v) is 8.07. The SMILES string of the molecule is CCNc1cc(S(=O)(=O)NCC(C)(C)C)ccc1[N+](=O)[O-]. The number of nitrogens with zero attached hydrogens (tertiary/aromatic N) is 1. The van der Waals surface area contributed by atoms with Crippen LogP contribution in [0.4, 0.5) is 11.4 Å². The Hall–Kier alpha value is -1.67. The van der Waals surface area contributed by atoms with Crippen molar-refractivity contribution in [1.29, 1.82) is 0 Å². The van der Waals surface area contributed by atoms with Crippen molar-refractivity contribution in [2.75, 3.05) is 18.4 Å². The van der Waals surface area contributed by atoms with Crippen LogP contribution in [-0.2, 0) is 10.0 Å². The summed E-state index contributed by atoms with van der Waals surface area (Å²) in [5.74, 6) is 0. The molecule has 0 radical (unpaired) electrons. The minimum atomic E-state index is -3.69. The third-order valence-corrected chi connectivity index (χ3v) is 4.03. The monoisotopic (exact) mass is 315 g/mol. The van der Waals surface area contributed by atoms with Crippen LogP contribution in [0.5, 0.6) is 0 Å². The largest absolute Gasteiger partial charge is 0.380 e. The van der Waals surface area contributed by atoms with Crippen molar-refractivity contribution in [3.8, 4) is 0 Å². The standard InChI is InChI=1S/C13H21N3O4S/c1-5-14-11-8-10(6-7-12(11)16(17)18)21(19,20)15-9-13(2,3)4/h6-8,14-15H,5,9H2,1-4H3. The summed E-state index contributed by atoms with van der Waals surface area (Å²) in [6, 6.07) is 3.72. The lowest BCUT2D eigenvalue weighted by molar-refractivity contribution is -0.384. The Labute approximate surface area is 124 Å². The van der Waals surface area contributed by atoms with Gasteiger partial charge in [-0.3, -0.25) is 10.1 Å². The average molecular weight is 315 g/mol. The summed E-state index contributed by atoms with van der Waals surface area (Å²) in [5.41, 5.74) is -0.147. The second-order valence-corrected chi connectivity index (χ2v) is 7.62. The van der Waals surface area contributed by atoms with Crippen LogP contribution in [0.25, 0.3) is 0 Å². The molecule has 0 unspecified atom stereocenters. The average Bonchev–Trinajstić information content (AvgIpc) is 2.36. The van der Waals surface area contributed by atoms with E-state index in [4.69, 9.17) is 0 Å². The molecule has 0 fully saturated rings. The molecule has 0 aliphatic heterocycles. The summed E-state index contributed by atoms with van der Waals surface area (Å²) < 4.78 is 26.9. The Morgan fingerprint density at radius 1 is 1.29 bits per heavy atom. The van der Waals surface area contributed by atoms with Gasteiger partial charge in [-0.15, -0.1) is 0 Å². The minimum absolute atomic E-state index is 0.00769. The second kappa shape index (κ2) is 6.40. The molecule has 21 heavy (non-hydrogen) atoms. The zero-order valence-corrected chi connectivity index (χ0v) is 13.5. The number of nitro groups is 1. The molecule has 0 aromatic heterocycles. The topological polar surface area (TPSA) is 101 Å². The van der Waals surface area contributed by atoms with E-state index in [9.17, 15) is 18.5 Å². The van der Waals surface area contributed by atoms with Crippen molar-refractivity contribution in [3.05, 3.63) is 28.3 Å². The van der Waals surface area contributed by atoms with E-state index in [0.29, 0.717) is 6.54 Å². The third-order valence-electron chi connectivity index (χ3n) is 2.63. The maximum Gasteiger partial charge on any atom is 0.292 e. The lowest BCUT2D eigenvalue weighted by Crippen LogP contribution is -2.32. The number of rotatable bonds is 6. The molecule has 0 spiro atoms. The molecule has 0 heterocycles. The smallest absolute Gasteiger partial charge is 0.292 e. The molecule has 0 aliphatic rings. The zero-order valence-electron chi connectivity index (χ0n) is 12.6. The van der Waals surface area contributed by atoms with Crippen molar-refractivity contribution in [1.82, 2.24) is 4.72 Å². The highest BCUT2D eigenvalue weighted by atomic mass is 32.2. The Balaban J connectivity index is 3.13. The van der Waals surface area contributed by atoms with Gasteiger partial charge < -0.3 is 5.32 Å². The fraction of sp³-hybridized carbons (Fsp3) is 0.538. The van der Waals surface area contributed by atoms with Crippen molar-refractivity contribution in [2.24, 2.45) is 5.41 Å². The number of anilines is 1. The highest BCUT2D eigenvalue weighted by Crippen LogP contribution is 2.27. The van der Waals surface area contributed by atoms with Gasteiger partial charge >= 0.3 is 0 Å². The molecule has 1 rings (SSSR count). The Morgan fingerprint density at radius 2 is 1.90 bits per heavy atom. The molecule has 118 valence electrons. The predicted octanol–water partition coefficient (Wildman–Crippen LogP) is 2.35. The Morgan fingerprint density at radius 3 is 2.38 bits per heavy atom. The van der Waals surface area contributed by atoms with E-state index in [0.717, 1.165) is 0 Å². The second-order valence-electron chi connectivity index (χ2n) is 5.85. The minimum Gasteiger partial charge on any atom is -0.380 e. The highest BCUT2D eigenvalue weighted by Gasteiger charge is 2.22. The molecular formula is C13H21N3O4S. The molecule has 7 nitrogen and oxygen atoms in total. The Bertz CT molecular complexity index is 621. The summed E-state index contributed by atoms with van der Waals surface area (Å²) in [5, 5.41) is 13.7. The van der Waals surface area contributed by atoms with E-state index >= 15 is 0 Å². The van der Waals surface area contributed by atoms with Crippen LogP contribution in [0, 0.1) is 15.5 Å². The van der Waals surface area contributed by atoms with E-state index in [2.05, 4.69) is 10.0 Å². The van der Waals surface area contributed by atoms with Gasteiger partial charge in [-0.25, -0.2) is 13.1 Å². The molecular weight excluding hydrogens is 294 g/mol. The number of benzene rings is 1. The first kappa shape index (κ1) is 17.4. The normalized spacial score (nSPS) is 12.2. The maximum atomic E-state index is 12.2. The summed E-state index contributed by atoms with van der Waals surface area (Å²) in [6.45, 7) is 8.26. The molecule has 0 saturated carbocycles. The molecule has 0 amide bonds. The first-order chi connectivity index (χ1) is 9.57. The van der Waals surface area contributed by atoms with Gasteiger partial charge in [0.25, 0.3) is 5.69 Å². The van der Waals surface area contributed by atoms with Gasteiger partial charge in [-0.05, 0) is 24.5 Å². The maximum absolute atomic E-state index is 12.2. The lowest BCUT2D eigenvalue weighted by atomic mass is 9.98. The predicted molar refractivity (Wildman–Crippen MR) is 81.9 cm³/mol. The van der Waals surface area contributed by atoms with Crippen molar-refractivity contribution >= 4 is 21.4 Å². The van der Waals surface area contributed by atoms with Crippen LogP contribution in [0.3, 0.4) is 0 Å². The van der Waals surface area contributed by atoms with Gasteiger partial charge in [0.1, 0.15) is 5.69 Å². The summed E-state index contributed by atoms with van der Waals surface area (Å²) in [4.78, 5) is 10.4. The van der Waals surface area contributed by atoms with E-state index in [1.54, 1.807) is 6.92 Å². The van der Waals surface area contributed by atoms with Crippen molar-refractivity contribution < 1.29 is 13.3 Å². The van der Waals surface area contributed by atoms with Crippen molar-refractivity contribution in [3.63, 3.8) is 0 Å². The zero-order chi connectivity index (χ0) is 16.3. The number of hydrogen-bond donors (Lipinski definition) is 2. The van der Waals surface area contributed by atoms with Crippen LogP contribution in [0.2, 0.25) is 0 Å². The number of hydrogen-bond acceptors (Lipinski definition) is 5. The molecule has 0 saturated heterocycles. The fourth-order valence-corrected chi connectivity index (χ4v) is 2.88. The van der Waals surface area contributed by atoms with E-state index in [-0.39, 0.29) is 28.2 Å². The Kier molecular flexibility index (Phi) is 5.30. The van der Waals surface area contributed by atoms with Crippen LogP contribution in [0.1, 0.15) is 27.7 Å². The molecule has 0 aliphatic carbocycles. The van der Waals surface area contributed by atoms with E-state index in [1.807, 2.05) is 20.8 Å². The lowest BCUT2D eigenvalue weighted by Gasteiger charge is -2.19. The number of sulfonamides is 1. The van der Waals surface area contributed by atoms with Crippen molar-refractivity contribution in [2.45, 2.75) is 32.6 Å². The van der Waals surface area contributed by atoms with Gasteiger partial charge in [-0.1, -0.05) is 20.8 Å². The molecule has 8 heteroatoms. The van der Waals surface area contributed by atoms with Gasteiger partial charge in [0, 0.05) is 19.2 Å². The first-order valence-electron chi connectivity index (χ1n) is 6.59. The van der Waals surface area contributed by atoms with Crippen LogP contribution in [-0.4, -0.2) is 26.4 Å². The van der Waals surface area contributed by atoms with Crippen LogP contribution < -0.4 is 10.0 Å². The molecule has 1 aromatic rings. The van der Waals surface area contributed by atoms with Gasteiger partial charge in [0.2, 0.25) is 10.0 Å². The summed E-state index contributed by atoms with van der Waals surface area (Å²) >= 11 is 0. The van der Waals surface area contributed by atoms with Gasteiger partial charge in [-0.2, -0.15) is 0 Å². The van der Waals surface area contributed by atoms with Crippen LogP contribution in [0.15, 0.2) is 23.1 Å². The van der Waals surface area contributed by atoms with E-state index in [1.165, 1.54) is 18.2 Å². The highest BCUT2D eigenvalue weighted by molar-refractivity contribution is 7.89. The fourth-order valence-electron chi connectivity index (χ4n) is 1.57. The molecule has 1 aromatic carbocycles. The van der Waals surface area contributed by atoms with Crippen LogP contribution >= 0.6 is 0 Å².